The molecular formula is C8H9N3S2. The minimum Gasteiger partial charge on any atom is -0.300 e. The molecule has 1 aromatic carbocycles. The van der Waals surface area contributed by atoms with E-state index < -0.39 is 0 Å². The highest BCUT2D eigenvalue weighted by Crippen LogP contribution is 2.28. The zero-order valence-corrected chi connectivity index (χ0v) is 8.71. The quantitative estimate of drug-likeness (QED) is 0.454. The van der Waals surface area contributed by atoms with E-state index in [-0.39, 0.29) is 0 Å². The number of aromatic nitrogens is 1. The van der Waals surface area contributed by atoms with Crippen LogP contribution in [0.2, 0.25) is 0 Å². The Bertz CT molecular complexity index is 422. The number of fused-ring (bicyclic) bond motifs is 1. The van der Waals surface area contributed by atoms with Crippen molar-refractivity contribution in [1.29, 1.82) is 0 Å². The van der Waals surface area contributed by atoms with Crippen molar-refractivity contribution in [2.75, 3.05) is 11.7 Å². The van der Waals surface area contributed by atoms with Crippen molar-refractivity contribution in [2.45, 2.75) is 4.90 Å². The molecular weight excluding hydrogens is 202 g/mol. The van der Waals surface area contributed by atoms with Gasteiger partial charge in [0.15, 0.2) is 5.13 Å². The van der Waals surface area contributed by atoms with E-state index in [1.807, 2.05) is 6.07 Å². The van der Waals surface area contributed by atoms with Crippen LogP contribution in [0, 0.1) is 0 Å². The Hall–Kier alpha value is -0.780. The van der Waals surface area contributed by atoms with Gasteiger partial charge in [0.1, 0.15) is 0 Å². The van der Waals surface area contributed by atoms with Crippen LogP contribution in [0.1, 0.15) is 0 Å². The lowest BCUT2D eigenvalue weighted by Crippen LogP contribution is -2.05. The maximum absolute atomic E-state index is 5.28. The summed E-state index contributed by atoms with van der Waals surface area (Å²) in [4.78, 5) is 5.53. The number of hydrazine groups is 1. The van der Waals surface area contributed by atoms with Gasteiger partial charge in [-0.05, 0) is 24.5 Å². The molecule has 0 atom stereocenters. The molecule has 0 aliphatic heterocycles. The topological polar surface area (TPSA) is 50.9 Å². The molecule has 1 heterocycles. The summed E-state index contributed by atoms with van der Waals surface area (Å²) < 4.78 is 1.17. The van der Waals surface area contributed by atoms with Gasteiger partial charge in [0.2, 0.25) is 0 Å². The standard InChI is InChI=1S/C8H9N3S2/c1-12-5-2-3-6-7(4-5)13-8(10-6)11-9/h2-4H,9H2,1H3,(H,10,11). The third kappa shape index (κ3) is 1.63. The Labute approximate surface area is 84.3 Å². The molecule has 0 unspecified atom stereocenters. The molecule has 0 aliphatic rings. The van der Waals surface area contributed by atoms with Crippen molar-refractivity contribution in [2.24, 2.45) is 5.84 Å². The first-order valence-corrected chi connectivity index (χ1v) is 5.79. The van der Waals surface area contributed by atoms with Crippen molar-refractivity contribution in [3.05, 3.63) is 18.2 Å². The van der Waals surface area contributed by atoms with Gasteiger partial charge in [-0.3, -0.25) is 5.43 Å². The number of thioether (sulfide) groups is 1. The molecule has 2 rings (SSSR count). The summed E-state index contributed by atoms with van der Waals surface area (Å²) in [5.41, 5.74) is 3.55. The Morgan fingerprint density at radius 2 is 2.38 bits per heavy atom. The van der Waals surface area contributed by atoms with Crippen molar-refractivity contribution < 1.29 is 0 Å². The average molecular weight is 211 g/mol. The number of thiazole rings is 1. The van der Waals surface area contributed by atoms with Crippen LogP contribution in [-0.2, 0) is 0 Å². The number of hydrogen-bond acceptors (Lipinski definition) is 5. The highest BCUT2D eigenvalue weighted by atomic mass is 32.2. The van der Waals surface area contributed by atoms with Gasteiger partial charge in [-0.2, -0.15) is 0 Å². The number of benzene rings is 1. The lowest BCUT2D eigenvalue weighted by molar-refractivity contribution is 1.31. The predicted molar refractivity (Wildman–Crippen MR) is 59.2 cm³/mol. The van der Waals surface area contributed by atoms with Crippen molar-refractivity contribution in [3.63, 3.8) is 0 Å². The van der Waals surface area contributed by atoms with Gasteiger partial charge in [0.25, 0.3) is 0 Å². The van der Waals surface area contributed by atoms with E-state index in [0.29, 0.717) is 0 Å². The number of rotatable bonds is 2. The van der Waals surface area contributed by atoms with Gasteiger partial charge < -0.3 is 0 Å². The third-order valence-corrected chi connectivity index (χ3v) is 3.39. The second-order valence-corrected chi connectivity index (χ2v) is 4.41. The highest BCUT2D eigenvalue weighted by molar-refractivity contribution is 7.98. The molecule has 0 spiro atoms. The minimum atomic E-state index is 0.758. The third-order valence-electron chi connectivity index (χ3n) is 1.72. The molecule has 0 saturated carbocycles. The van der Waals surface area contributed by atoms with Crippen LogP contribution in [0.25, 0.3) is 10.2 Å². The Morgan fingerprint density at radius 3 is 3.08 bits per heavy atom. The van der Waals surface area contributed by atoms with Crippen molar-refractivity contribution in [3.8, 4) is 0 Å². The fourth-order valence-corrected chi connectivity index (χ4v) is 2.42. The lowest BCUT2D eigenvalue weighted by Gasteiger charge is -1.92. The fraction of sp³-hybridized carbons (Fsp3) is 0.125. The largest absolute Gasteiger partial charge is 0.300 e. The predicted octanol–water partition coefficient (Wildman–Crippen LogP) is 2.30. The van der Waals surface area contributed by atoms with E-state index >= 15 is 0 Å². The highest BCUT2D eigenvalue weighted by Gasteiger charge is 2.02. The lowest BCUT2D eigenvalue weighted by atomic mass is 10.3. The molecule has 0 bridgehead atoms. The Balaban J connectivity index is 2.57. The van der Waals surface area contributed by atoms with Gasteiger partial charge in [-0.1, -0.05) is 11.3 Å². The Kier molecular flexibility index (Phi) is 2.39. The molecule has 0 radical (unpaired) electrons. The summed E-state index contributed by atoms with van der Waals surface area (Å²) in [6.45, 7) is 0. The van der Waals surface area contributed by atoms with Gasteiger partial charge in [0.05, 0.1) is 10.2 Å². The molecule has 1 aromatic heterocycles. The van der Waals surface area contributed by atoms with Gasteiger partial charge in [-0.25, -0.2) is 10.8 Å². The van der Waals surface area contributed by atoms with Crippen LogP contribution in [0.15, 0.2) is 23.1 Å². The maximum atomic E-state index is 5.28. The molecule has 0 aliphatic carbocycles. The SMILES string of the molecule is CSc1ccc2nc(NN)sc2c1. The number of nitrogens with one attached hydrogen (secondary N) is 1. The summed E-state index contributed by atoms with van der Waals surface area (Å²) in [5.74, 6) is 5.28. The van der Waals surface area contributed by atoms with Crippen LogP contribution < -0.4 is 11.3 Å². The zero-order chi connectivity index (χ0) is 9.26. The van der Waals surface area contributed by atoms with Crippen molar-refractivity contribution in [1.82, 2.24) is 4.98 Å². The normalized spacial score (nSPS) is 10.6. The number of nitrogen functional groups attached to an aromatic ring is 1. The van der Waals surface area contributed by atoms with Crippen LogP contribution in [0.3, 0.4) is 0 Å². The second kappa shape index (κ2) is 3.53. The first-order chi connectivity index (χ1) is 6.33. The Morgan fingerprint density at radius 1 is 1.54 bits per heavy atom. The fourth-order valence-electron chi connectivity index (χ4n) is 1.09. The minimum absolute atomic E-state index is 0.758. The first-order valence-electron chi connectivity index (χ1n) is 3.74. The molecule has 0 fully saturated rings. The summed E-state index contributed by atoms with van der Waals surface area (Å²) in [5, 5.41) is 0.758. The van der Waals surface area contributed by atoms with Crippen LogP contribution in [0.5, 0.6) is 0 Å². The molecule has 3 nitrogen and oxygen atoms in total. The molecule has 13 heavy (non-hydrogen) atoms. The van der Waals surface area contributed by atoms with E-state index in [2.05, 4.69) is 28.8 Å². The van der Waals surface area contributed by atoms with E-state index in [4.69, 9.17) is 5.84 Å². The average Bonchev–Trinajstić information content (AvgIpc) is 2.58. The molecule has 3 N–H and O–H groups in total. The first kappa shape index (κ1) is 8.80. The summed E-state index contributed by atoms with van der Waals surface area (Å²) in [7, 11) is 0. The van der Waals surface area contributed by atoms with Crippen LogP contribution >= 0.6 is 23.1 Å². The van der Waals surface area contributed by atoms with E-state index in [1.54, 1.807) is 23.1 Å². The summed E-state index contributed by atoms with van der Waals surface area (Å²) in [6.07, 6.45) is 2.06. The summed E-state index contributed by atoms with van der Waals surface area (Å²) >= 11 is 3.29. The van der Waals surface area contributed by atoms with E-state index in [9.17, 15) is 0 Å². The summed E-state index contributed by atoms with van der Waals surface area (Å²) in [6, 6.07) is 6.20. The zero-order valence-electron chi connectivity index (χ0n) is 7.07. The molecule has 0 saturated heterocycles. The maximum Gasteiger partial charge on any atom is 0.198 e. The number of nitrogens with zero attached hydrogens (tertiary/aromatic N) is 1. The van der Waals surface area contributed by atoms with Gasteiger partial charge >= 0.3 is 0 Å². The number of nitrogens with two attached hydrogens (primary N) is 1. The molecule has 0 amide bonds. The van der Waals surface area contributed by atoms with Crippen molar-refractivity contribution >= 4 is 38.4 Å². The molecule has 5 heteroatoms. The molecule has 68 valence electrons. The number of anilines is 1. The second-order valence-electron chi connectivity index (χ2n) is 2.50. The monoisotopic (exact) mass is 211 g/mol. The van der Waals surface area contributed by atoms with Gasteiger partial charge in [0, 0.05) is 4.90 Å². The smallest absolute Gasteiger partial charge is 0.198 e. The van der Waals surface area contributed by atoms with Gasteiger partial charge in [-0.15, -0.1) is 11.8 Å². The van der Waals surface area contributed by atoms with E-state index in [0.717, 1.165) is 10.6 Å². The van der Waals surface area contributed by atoms with E-state index in [1.165, 1.54) is 9.60 Å². The number of hydrogen-bond donors (Lipinski definition) is 2. The van der Waals surface area contributed by atoms with Crippen LogP contribution in [-0.4, -0.2) is 11.2 Å². The van der Waals surface area contributed by atoms with Crippen LogP contribution in [0.4, 0.5) is 5.13 Å². The molecule has 2 aromatic rings.